The van der Waals surface area contributed by atoms with Crippen LogP contribution in [0.3, 0.4) is 0 Å². The van der Waals surface area contributed by atoms with E-state index < -0.39 is 11.5 Å². The Morgan fingerprint density at radius 2 is 1.86 bits per heavy atom. The smallest absolute Gasteiger partial charge is 0.254 e. The molecule has 1 aromatic carbocycles. The Morgan fingerprint density at radius 3 is 2.21 bits per heavy atom. The third-order valence-corrected chi connectivity index (χ3v) is 2.43. The summed E-state index contributed by atoms with van der Waals surface area (Å²) in [5.41, 5.74) is 4.19. The van der Waals surface area contributed by atoms with Crippen molar-refractivity contribution in [1.82, 2.24) is 0 Å². The van der Waals surface area contributed by atoms with Crippen LogP contribution in [-0.2, 0) is 10.4 Å². The van der Waals surface area contributed by atoms with E-state index in [-0.39, 0.29) is 5.92 Å². The van der Waals surface area contributed by atoms with Gasteiger partial charge in [0, 0.05) is 0 Å². The molecule has 76 valence electrons. The summed E-state index contributed by atoms with van der Waals surface area (Å²) in [6.07, 6.45) is 0. The van der Waals surface area contributed by atoms with Crippen LogP contribution in [0.4, 0.5) is 0 Å². The lowest BCUT2D eigenvalue weighted by Gasteiger charge is -2.29. The zero-order valence-electron chi connectivity index (χ0n) is 8.40. The molecule has 0 heterocycles. The third-order valence-electron chi connectivity index (χ3n) is 2.43. The summed E-state index contributed by atoms with van der Waals surface area (Å²) in [5, 5.41) is 10.2. The number of carbonyl (C=O) groups is 1. The molecular formula is C11H15NO2. The topological polar surface area (TPSA) is 63.3 Å². The molecule has 0 aromatic heterocycles. The van der Waals surface area contributed by atoms with Gasteiger partial charge in [0.2, 0.25) is 0 Å². The first-order valence-electron chi connectivity index (χ1n) is 4.57. The predicted molar refractivity (Wildman–Crippen MR) is 54.4 cm³/mol. The van der Waals surface area contributed by atoms with Crippen LogP contribution in [0.5, 0.6) is 0 Å². The molecule has 1 rings (SSSR count). The molecule has 0 aliphatic rings. The van der Waals surface area contributed by atoms with E-state index in [1.54, 1.807) is 38.1 Å². The standard InChI is InChI=1S/C11H15NO2/c1-8(2)11(14,10(12)13)9-6-4-3-5-7-9/h3-8,14H,1-2H3,(H2,12,13). The van der Waals surface area contributed by atoms with Gasteiger partial charge in [0.15, 0.2) is 5.60 Å². The van der Waals surface area contributed by atoms with E-state index >= 15 is 0 Å². The van der Waals surface area contributed by atoms with E-state index in [1.165, 1.54) is 0 Å². The van der Waals surface area contributed by atoms with E-state index in [0.717, 1.165) is 0 Å². The molecule has 0 bridgehead atoms. The van der Waals surface area contributed by atoms with Crippen LogP contribution in [0.1, 0.15) is 19.4 Å². The second kappa shape index (κ2) is 3.80. The van der Waals surface area contributed by atoms with Gasteiger partial charge in [-0.2, -0.15) is 0 Å². The summed E-state index contributed by atoms with van der Waals surface area (Å²) in [7, 11) is 0. The average Bonchev–Trinajstić information content (AvgIpc) is 2.17. The summed E-state index contributed by atoms with van der Waals surface area (Å²) < 4.78 is 0. The summed E-state index contributed by atoms with van der Waals surface area (Å²) in [5.74, 6) is -0.957. The van der Waals surface area contributed by atoms with Crippen molar-refractivity contribution in [2.75, 3.05) is 0 Å². The normalized spacial score (nSPS) is 15.1. The molecule has 3 nitrogen and oxygen atoms in total. The Morgan fingerprint density at radius 1 is 1.36 bits per heavy atom. The summed E-state index contributed by atoms with van der Waals surface area (Å²) >= 11 is 0. The van der Waals surface area contributed by atoms with Crippen molar-refractivity contribution in [2.24, 2.45) is 11.7 Å². The zero-order chi connectivity index (χ0) is 10.8. The van der Waals surface area contributed by atoms with E-state index in [1.807, 2.05) is 6.07 Å². The molecule has 0 saturated heterocycles. The predicted octanol–water partition coefficient (Wildman–Crippen LogP) is 1.02. The van der Waals surface area contributed by atoms with Crippen molar-refractivity contribution in [3.63, 3.8) is 0 Å². The minimum Gasteiger partial charge on any atom is -0.375 e. The molecule has 0 spiro atoms. The molecule has 0 saturated carbocycles. The molecule has 3 heteroatoms. The van der Waals surface area contributed by atoms with Gasteiger partial charge in [-0.1, -0.05) is 44.2 Å². The lowest BCUT2D eigenvalue weighted by atomic mass is 9.83. The molecule has 3 N–H and O–H groups in total. The lowest BCUT2D eigenvalue weighted by molar-refractivity contribution is -0.142. The summed E-state index contributed by atoms with van der Waals surface area (Å²) in [6, 6.07) is 8.76. The first kappa shape index (κ1) is 10.7. The van der Waals surface area contributed by atoms with Gasteiger partial charge in [-0.25, -0.2) is 0 Å². The fraction of sp³-hybridized carbons (Fsp3) is 0.364. The van der Waals surface area contributed by atoms with Gasteiger partial charge in [-0.05, 0) is 11.5 Å². The Kier molecular flexibility index (Phi) is 2.91. The molecule has 1 amide bonds. The van der Waals surface area contributed by atoms with Crippen LogP contribution >= 0.6 is 0 Å². The maximum atomic E-state index is 11.2. The van der Waals surface area contributed by atoms with E-state index in [4.69, 9.17) is 5.73 Å². The number of aliphatic hydroxyl groups is 1. The molecule has 1 atom stereocenters. The third kappa shape index (κ3) is 1.63. The molecule has 0 aliphatic heterocycles. The largest absolute Gasteiger partial charge is 0.375 e. The molecule has 1 unspecified atom stereocenters. The highest BCUT2D eigenvalue weighted by atomic mass is 16.3. The van der Waals surface area contributed by atoms with Crippen molar-refractivity contribution < 1.29 is 9.90 Å². The summed E-state index contributed by atoms with van der Waals surface area (Å²) in [6.45, 7) is 3.52. The van der Waals surface area contributed by atoms with E-state index in [0.29, 0.717) is 5.56 Å². The molecule has 14 heavy (non-hydrogen) atoms. The molecular weight excluding hydrogens is 178 g/mol. The maximum absolute atomic E-state index is 11.2. The molecule has 0 radical (unpaired) electrons. The van der Waals surface area contributed by atoms with Crippen LogP contribution in [0, 0.1) is 5.92 Å². The van der Waals surface area contributed by atoms with Crippen LogP contribution in [0.2, 0.25) is 0 Å². The molecule has 0 fully saturated rings. The Labute approximate surface area is 83.6 Å². The maximum Gasteiger partial charge on any atom is 0.254 e. The summed E-state index contributed by atoms with van der Waals surface area (Å²) in [4.78, 5) is 11.2. The highest BCUT2D eigenvalue weighted by Gasteiger charge is 2.39. The number of benzene rings is 1. The second-order valence-electron chi connectivity index (χ2n) is 3.65. The fourth-order valence-electron chi connectivity index (χ4n) is 1.45. The lowest BCUT2D eigenvalue weighted by Crippen LogP contribution is -2.45. The quantitative estimate of drug-likeness (QED) is 0.752. The van der Waals surface area contributed by atoms with Crippen molar-refractivity contribution in [1.29, 1.82) is 0 Å². The van der Waals surface area contributed by atoms with Crippen molar-refractivity contribution in [2.45, 2.75) is 19.4 Å². The van der Waals surface area contributed by atoms with Crippen molar-refractivity contribution in [3.05, 3.63) is 35.9 Å². The second-order valence-corrected chi connectivity index (χ2v) is 3.65. The zero-order valence-corrected chi connectivity index (χ0v) is 8.40. The van der Waals surface area contributed by atoms with Crippen molar-refractivity contribution >= 4 is 5.91 Å². The molecule has 0 aliphatic carbocycles. The first-order chi connectivity index (χ1) is 6.49. The Hall–Kier alpha value is -1.35. The minimum absolute atomic E-state index is 0.248. The minimum atomic E-state index is -1.57. The highest BCUT2D eigenvalue weighted by molar-refractivity contribution is 5.84. The monoisotopic (exact) mass is 193 g/mol. The number of hydrogen-bond acceptors (Lipinski definition) is 2. The number of carbonyl (C=O) groups excluding carboxylic acids is 1. The van der Waals surface area contributed by atoms with Gasteiger partial charge in [0.1, 0.15) is 0 Å². The SMILES string of the molecule is CC(C)C(O)(C(N)=O)c1ccccc1. The van der Waals surface area contributed by atoms with Crippen LogP contribution in [0.25, 0.3) is 0 Å². The number of hydrogen-bond donors (Lipinski definition) is 2. The highest BCUT2D eigenvalue weighted by Crippen LogP contribution is 2.28. The Balaban J connectivity index is 3.20. The first-order valence-corrected chi connectivity index (χ1v) is 4.57. The number of amides is 1. The molecule has 1 aromatic rings. The van der Waals surface area contributed by atoms with E-state index in [9.17, 15) is 9.90 Å². The van der Waals surface area contributed by atoms with Crippen LogP contribution < -0.4 is 5.73 Å². The number of nitrogens with two attached hydrogens (primary N) is 1. The van der Waals surface area contributed by atoms with Gasteiger partial charge in [-0.15, -0.1) is 0 Å². The van der Waals surface area contributed by atoms with Gasteiger partial charge in [0.25, 0.3) is 5.91 Å². The van der Waals surface area contributed by atoms with Gasteiger partial charge < -0.3 is 10.8 Å². The van der Waals surface area contributed by atoms with Crippen molar-refractivity contribution in [3.8, 4) is 0 Å². The van der Waals surface area contributed by atoms with Gasteiger partial charge >= 0.3 is 0 Å². The number of primary amides is 1. The fourth-order valence-corrected chi connectivity index (χ4v) is 1.45. The number of rotatable bonds is 3. The van der Waals surface area contributed by atoms with Crippen LogP contribution in [-0.4, -0.2) is 11.0 Å². The van der Waals surface area contributed by atoms with Gasteiger partial charge in [0.05, 0.1) is 0 Å². The average molecular weight is 193 g/mol. The Bertz CT molecular complexity index is 321. The van der Waals surface area contributed by atoms with E-state index in [2.05, 4.69) is 0 Å². The van der Waals surface area contributed by atoms with Crippen LogP contribution in [0.15, 0.2) is 30.3 Å². The van der Waals surface area contributed by atoms with Gasteiger partial charge in [-0.3, -0.25) is 4.79 Å².